The number of alkyl halides is 2. The van der Waals surface area contributed by atoms with Gasteiger partial charge in [0, 0.05) is 29.6 Å². The SMILES string of the molecule is Cc1cc(Cl)cc(C(=O)N2CC[C@@H](C)[C@H](c3cc(C(F)F)nc4ncnn34)C2)c1. The van der Waals surface area contributed by atoms with Crippen LogP contribution in [0.25, 0.3) is 5.78 Å². The third-order valence-corrected chi connectivity index (χ3v) is 5.66. The van der Waals surface area contributed by atoms with Crippen LogP contribution in [0.15, 0.2) is 30.6 Å². The fraction of sp³-hybridized carbons (Fsp3) is 0.400. The normalized spacial score (nSPS) is 19.9. The number of aromatic nitrogens is 4. The van der Waals surface area contributed by atoms with E-state index in [2.05, 4.69) is 22.0 Å². The highest BCUT2D eigenvalue weighted by Crippen LogP contribution is 2.34. The van der Waals surface area contributed by atoms with Crippen molar-refractivity contribution in [3.8, 4) is 0 Å². The maximum Gasteiger partial charge on any atom is 0.280 e. The first kappa shape index (κ1) is 19.7. The lowest BCUT2D eigenvalue weighted by atomic mass is 9.84. The van der Waals surface area contributed by atoms with Crippen LogP contribution in [0.5, 0.6) is 0 Å². The van der Waals surface area contributed by atoms with E-state index in [-0.39, 0.29) is 29.2 Å². The number of rotatable bonds is 3. The number of carbonyl (C=O) groups is 1. The monoisotopic (exact) mass is 419 g/mol. The Morgan fingerprint density at radius 1 is 1.28 bits per heavy atom. The van der Waals surface area contributed by atoms with Gasteiger partial charge in [0.15, 0.2) is 0 Å². The van der Waals surface area contributed by atoms with E-state index in [9.17, 15) is 13.6 Å². The number of hydrogen-bond acceptors (Lipinski definition) is 4. The molecule has 2 aromatic heterocycles. The quantitative estimate of drug-likeness (QED) is 0.635. The number of hydrogen-bond donors (Lipinski definition) is 0. The second-order valence-electron chi connectivity index (χ2n) is 7.52. The van der Waals surface area contributed by atoms with E-state index in [1.165, 1.54) is 16.9 Å². The Labute approximate surface area is 171 Å². The first-order valence-corrected chi connectivity index (χ1v) is 9.76. The van der Waals surface area contributed by atoms with Gasteiger partial charge in [-0.25, -0.2) is 18.3 Å². The third kappa shape index (κ3) is 3.81. The number of piperidine rings is 1. The molecule has 1 amide bonds. The van der Waals surface area contributed by atoms with Gasteiger partial charge in [-0.1, -0.05) is 18.5 Å². The van der Waals surface area contributed by atoms with Crippen molar-refractivity contribution in [3.63, 3.8) is 0 Å². The Balaban J connectivity index is 1.69. The third-order valence-electron chi connectivity index (χ3n) is 5.44. The molecule has 1 aromatic carbocycles. The fourth-order valence-corrected chi connectivity index (χ4v) is 4.20. The van der Waals surface area contributed by atoms with E-state index < -0.39 is 6.43 Å². The lowest BCUT2D eigenvalue weighted by Gasteiger charge is -2.37. The van der Waals surface area contributed by atoms with Crippen molar-refractivity contribution in [2.45, 2.75) is 32.6 Å². The maximum absolute atomic E-state index is 13.4. The summed E-state index contributed by atoms with van der Waals surface area (Å²) in [4.78, 5) is 22.7. The smallest absolute Gasteiger partial charge is 0.280 e. The van der Waals surface area contributed by atoms with Crippen LogP contribution in [0.4, 0.5) is 8.78 Å². The maximum atomic E-state index is 13.4. The Kier molecular flexibility index (Phi) is 5.21. The van der Waals surface area contributed by atoms with Crippen LogP contribution in [0.1, 0.15) is 53.0 Å². The zero-order chi connectivity index (χ0) is 20.7. The van der Waals surface area contributed by atoms with Gasteiger partial charge in [0.05, 0.1) is 5.69 Å². The Bertz CT molecular complexity index is 1050. The minimum Gasteiger partial charge on any atom is -0.338 e. The number of fused-ring (bicyclic) bond motifs is 1. The molecule has 9 heteroatoms. The molecule has 1 saturated heterocycles. The Morgan fingerprint density at radius 3 is 2.79 bits per heavy atom. The van der Waals surface area contributed by atoms with Gasteiger partial charge in [0.2, 0.25) is 0 Å². The van der Waals surface area contributed by atoms with Gasteiger partial charge in [0.25, 0.3) is 18.1 Å². The highest BCUT2D eigenvalue weighted by atomic mass is 35.5. The van der Waals surface area contributed by atoms with E-state index in [0.717, 1.165) is 12.0 Å². The lowest BCUT2D eigenvalue weighted by Crippen LogP contribution is -2.42. The number of likely N-dealkylation sites (tertiary alicyclic amines) is 1. The van der Waals surface area contributed by atoms with Crippen molar-refractivity contribution in [1.29, 1.82) is 0 Å². The van der Waals surface area contributed by atoms with Crippen LogP contribution < -0.4 is 0 Å². The number of amides is 1. The fourth-order valence-electron chi connectivity index (χ4n) is 3.91. The molecule has 0 radical (unpaired) electrons. The molecule has 3 aromatic rings. The van der Waals surface area contributed by atoms with Gasteiger partial charge in [-0.15, -0.1) is 0 Å². The summed E-state index contributed by atoms with van der Waals surface area (Å²) in [6, 6.07) is 6.63. The van der Waals surface area contributed by atoms with Gasteiger partial charge < -0.3 is 4.90 Å². The van der Waals surface area contributed by atoms with Crippen LogP contribution in [0.3, 0.4) is 0 Å². The van der Waals surface area contributed by atoms with E-state index in [0.29, 0.717) is 29.4 Å². The Morgan fingerprint density at radius 2 is 2.07 bits per heavy atom. The number of aryl methyl sites for hydroxylation is 1. The average Bonchev–Trinajstić information content (AvgIpc) is 3.15. The summed E-state index contributed by atoms with van der Waals surface area (Å²) in [5.41, 5.74) is 1.69. The van der Waals surface area contributed by atoms with E-state index >= 15 is 0 Å². The molecule has 4 rings (SSSR count). The zero-order valence-corrected chi connectivity index (χ0v) is 16.8. The van der Waals surface area contributed by atoms with Crippen LogP contribution in [-0.4, -0.2) is 43.5 Å². The molecule has 0 saturated carbocycles. The molecule has 1 aliphatic rings. The molecule has 152 valence electrons. The molecular formula is C20H20ClF2N5O. The standard InChI is InChI=1S/C20H20ClF2N5O/c1-11-5-13(7-14(21)6-11)19(29)27-4-3-12(2)15(9-27)17-8-16(18(22)23)26-20-24-10-25-28(17)20/h5-8,10,12,15,18H,3-4,9H2,1-2H3/t12-,15-/m1/s1. The van der Waals surface area contributed by atoms with Crippen LogP contribution in [0, 0.1) is 12.8 Å². The summed E-state index contributed by atoms with van der Waals surface area (Å²) in [6.07, 6.45) is -0.661. The molecule has 1 fully saturated rings. The van der Waals surface area contributed by atoms with Crippen molar-refractivity contribution < 1.29 is 13.6 Å². The minimum atomic E-state index is -2.71. The summed E-state index contributed by atoms with van der Waals surface area (Å²) >= 11 is 6.11. The largest absolute Gasteiger partial charge is 0.338 e. The number of nitrogens with zero attached hydrogens (tertiary/aromatic N) is 5. The molecule has 0 bridgehead atoms. The highest BCUT2D eigenvalue weighted by molar-refractivity contribution is 6.31. The van der Waals surface area contributed by atoms with Crippen LogP contribution in [-0.2, 0) is 0 Å². The molecule has 0 spiro atoms. The molecule has 6 nitrogen and oxygen atoms in total. The van der Waals surface area contributed by atoms with Crippen molar-refractivity contribution in [2.75, 3.05) is 13.1 Å². The molecule has 0 aliphatic carbocycles. The molecule has 29 heavy (non-hydrogen) atoms. The summed E-state index contributed by atoms with van der Waals surface area (Å²) in [5, 5.41) is 4.67. The number of benzene rings is 1. The number of halogens is 3. The predicted molar refractivity (Wildman–Crippen MR) is 104 cm³/mol. The van der Waals surface area contributed by atoms with Crippen molar-refractivity contribution >= 4 is 23.3 Å². The van der Waals surface area contributed by atoms with Crippen molar-refractivity contribution in [1.82, 2.24) is 24.5 Å². The van der Waals surface area contributed by atoms with Gasteiger partial charge in [0.1, 0.15) is 12.0 Å². The van der Waals surface area contributed by atoms with Gasteiger partial charge in [-0.2, -0.15) is 10.1 Å². The second-order valence-corrected chi connectivity index (χ2v) is 7.96. The van der Waals surface area contributed by atoms with Crippen LogP contribution in [0.2, 0.25) is 5.02 Å². The average molecular weight is 420 g/mol. The number of carbonyl (C=O) groups excluding carboxylic acids is 1. The molecule has 0 N–H and O–H groups in total. The topological polar surface area (TPSA) is 63.4 Å². The second kappa shape index (κ2) is 7.67. The van der Waals surface area contributed by atoms with E-state index in [1.807, 2.05) is 6.92 Å². The van der Waals surface area contributed by atoms with Gasteiger partial charge in [-0.05, 0) is 49.1 Å². The molecule has 2 atom stereocenters. The minimum absolute atomic E-state index is 0.120. The summed E-state index contributed by atoms with van der Waals surface area (Å²) in [7, 11) is 0. The lowest BCUT2D eigenvalue weighted by molar-refractivity contribution is 0.0665. The van der Waals surface area contributed by atoms with E-state index in [1.54, 1.807) is 23.1 Å². The van der Waals surface area contributed by atoms with Crippen molar-refractivity contribution in [2.24, 2.45) is 5.92 Å². The van der Waals surface area contributed by atoms with Gasteiger partial charge >= 0.3 is 0 Å². The molecule has 0 unspecified atom stereocenters. The Hall–Kier alpha value is -2.61. The summed E-state index contributed by atoms with van der Waals surface area (Å²) in [6.45, 7) is 4.93. The zero-order valence-electron chi connectivity index (χ0n) is 16.0. The first-order valence-electron chi connectivity index (χ1n) is 9.38. The first-order chi connectivity index (χ1) is 13.8. The summed E-state index contributed by atoms with van der Waals surface area (Å²) in [5.74, 6) is 0.0301. The van der Waals surface area contributed by atoms with E-state index in [4.69, 9.17) is 11.6 Å². The predicted octanol–water partition coefficient (Wildman–Crippen LogP) is 4.29. The summed E-state index contributed by atoms with van der Waals surface area (Å²) < 4.78 is 28.2. The molecule has 3 heterocycles. The van der Waals surface area contributed by atoms with Gasteiger partial charge in [-0.3, -0.25) is 4.79 Å². The molecular weight excluding hydrogens is 400 g/mol. The molecule has 1 aliphatic heterocycles. The highest BCUT2D eigenvalue weighted by Gasteiger charge is 2.33. The van der Waals surface area contributed by atoms with Crippen molar-refractivity contribution in [3.05, 3.63) is 58.1 Å². The van der Waals surface area contributed by atoms with Crippen LogP contribution >= 0.6 is 11.6 Å².